The van der Waals surface area contributed by atoms with Gasteiger partial charge in [-0.2, -0.15) is 0 Å². The molecule has 0 spiro atoms. The first-order valence-corrected chi connectivity index (χ1v) is 7.06. The summed E-state index contributed by atoms with van der Waals surface area (Å²) in [5.41, 5.74) is 0.950. The molecule has 2 aromatic carbocycles. The Labute approximate surface area is 125 Å². The molecule has 0 heterocycles. The Morgan fingerprint density at radius 2 is 2.00 bits per heavy atom. The van der Waals surface area contributed by atoms with Crippen molar-refractivity contribution in [1.29, 1.82) is 0 Å². The predicted octanol–water partition coefficient (Wildman–Crippen LogP) is 4.53. The molecule has 0 amide bonds. The molecule has 0 unspecified atom stereocenters. The number of carbonyl (C=O) groups excluding carboxylic acids is 1. The van der Waals surface area contributed by atoms with Crippen LogP contribution in [0.25, 0.3) is 0 Å². The second kappa shape index (κ2) is 6.18. The van der Waals surface area contributed by atoms with E-state index in [9.17, 15) is 9.18 Å². The number of aryl methyl sites for hydroxylation is 1. The van der Waals surface area contributed by atoms with Crippen molar-refractivity contribution in [3.63, 3.8) is 0 Å². The Balaban J connectivity index is 2.41. The van der Waals surface area contributed by atoms with Crippen molar-refractivity contribution in [2.45, 2.75) is 13.8 Å². The summed E-state index contributed by atoms with van der Waals surface area (Å²) in [6.45, 7) is 4.07. The number of carbonyl (C=O) groups is 1. The highest BCUT2D eigenvalue weighted by Gasteiger charge is 2.17. The third-order valence-corrected chi connectivity index (χ3v) is 3.59. The van der Waals surface area contributed by atoms with Crippen LogP contribution in [0.3, 0.4) is 0 Å². The van der Waals surface area contributed by atoms with Crippen LogP contribution in [0.4, 0.5) is 4.39 Å². The van der Waals surface area contributed by atoms with Crippen molar-refractivity contribution in [2.24, 2.45) is 0 Å². The average molecular weight is 337 g/mol. The van der Waals surface area contributed by atoms with Gasteiger partial charge in [-0.25, -0.2) is 4.39 Å². The van der Waals surface area contributed by atoms with Crippen molar-refractivity contribution in [1.82, 2.24) is 0 Å². The Morgan fingerprint density at radius 1 is 1.25 bits per heavy atom. The Hall–Kier alpha value is -1.68. The van der Waals surface area contributed by atoms with Gasteiger partial charge in [0.25, 0.3) is 0 Å². The molecule has 0 bridgehead atoms. The van der Waals surface area contributed by atoms with Gasteiger partial charge in [0.1, 0.15) is 11.6 Å². The number of ketones is 1. The lowest BCUT2D eigenvalue weighted by molar-refractivity contribution is 0.103. The number of halogens is 2. The summed E-state index contributed by atoms with van der Waals surface area (Å²) in [4.78, 5) is 12.4. The van der Waals surface area contributed by atoms with Crippen LogP contribution in [0.1, 0.15) is 28.4 Å². The van der Waals surface area contributed by atoms with Gasteiger partial charge in [-0.1, -0.05) is 12.1 Å². The monoisotopic (exact) mass is 336 g/mol. The van der Waals surface area contributed by atoms with E-state index in [1.165, 1.54) is 6.07 Å². The lowest BCUT2D eigenvalue weighted by Crippen LogP contribution is -2.06. The molecular formula is C16H14BrFO2. The number of hydrogen-bond donors (Lipinski definition) is 0. The first-order chi connectivity index (χ1) is 9.54. The fraction of sp³-hybridized carbons (Fsp3) is 0.188. The van der Waals surface area contributed by atoms with E-state index >= 15 is 0 Å². The fourth-order valence-corrected chi connectivity index (χ4v) is 2.44. The van der Waals surface area contributed by atoms with Crippen LogP contribution < -0.4 is 4.74 Å². The van der Waals surface area contributed by atoms with E-state index in [1.54, 1.807) is 37.3 Å². The maximum absolute atomic E-state index is 14.0. The third-order valence-electron chi connectivity index (χ3n) is 2.93. The number of ether oxygens (including phenoxy) is 1. The van der Waals surface area contributed by atoms with E-state index in [-0.39, 0.29) is 11.3 Å². The van der Waals surface area contributed by atoms with Crippen molar-refractivity contribution < 1.29 is 13.9 Å². The Bertz CT molecular complexity index is 653. The topological polar surface area (TPSA) is 26.3 Å². The zero-order valence-electron chi connectivity index (χ0n) is 11.2. The highest BCUT2D eigenvalue weighted by Crippen LogP contribution is 2.26. The Kier molecular flexibility index (Phi) is 4.55. The van der Waals surface area contributed by atoms with Crippen molar-refractivity contribution in [2.75, 3.05) is 6.61 Å². The molecule has 0 N–H and O–H groups in total. The van der Waals surface area contributed by atoms with Gasteiger partial charge < -0.3 is 4.74 Å². The van der Waals surface area contributed by atoms with Crippen LogP contribution in [0.15, 0.2) is 40.9 Å². The number of benzene rings is 2. The summed E-state index contributed by atoms with van der Waals surface area (Å²) in [5, 5.41) is 0. The lowest BCUT2D eigenvalue weighted by Gasteiger charge is -2.09. The molecule has 0 aromatic heterocycles. The molecule has 4 heteroatoms. The Morgan fingerprint density at radius 3 is 2.65 bits per heavy atom. The van der Waals surface area contributed by atoms with Crippen molar-refractivity contribution in [3.8, 4) is 5.75 Å². The van der Waals surface area contributed by atoms with Crippen LogP contribution >= 0.6 is 15.9 Å². The standard InChI is InChI=1S/C16H14BrFO2/c1-3-20-11-7-8-12(14(17)9-11)16(19)13-6-4-5-10(2)15(13)18/h4-9H,3H2,1-2H3. The van der Waals surface area contributed by atoms with Crippen molar-refractivity contribution in [3.05, 3.63) is 63.4 Å². The summed E-state index contributed by atoms with van der Waals surface area (Å²) in [7, 11) is 0. The summed E-state index contributed by atoms with van der Waals surface area (Å²) in [6.07, 6.45) is 0. The van der Waals surface area contributed by atoms with E-state index in [0.717, 1.165) is 0 Å². The normalized spacial score (nSPS) is 10.4. The number of hydrogen-bond acceptors (Lipinski definition) is 2. The highest BCUT2D eigenvalue weighted by molar-refractivity contribution is 9.10. The van der Waals surface area contributed by atoms with Gasteiger partial charge >= 0.3 is 0 Å². The molecule has 2 aromatic rings. The molecule has 20 heavy (non-hydrogen) atoms. The second-order valence-electron chi connectivity index (χ2n) is 4.34. The first-order valence-electron chi connectivity index (χ1n) is 6.26. The smallest absolute Gasteiger partial charge is 0.197 e. The molecule has 104 valence electrons. The molecule has 0 aliphatic rings. The van der Waals surface area contributed by atoms with E-state index in [4.69, 9.17) is 4.74 Å². The zero-order valence-corrected chi connectivity index (χ0v) is 12.8. The van der Waals surface area contributed by atoms with Gasteiger partial charge in [-0.15, -0.1) is 0 Å². The average Bonchev–Trinajstić information content (AvgIpc) is 2.42. The molecule has 0 saturated carbocycles. The van der Waals surface area contributed by atoms with Gasteiger partial charge in [0.05, 0.1) is 12.2 Å². The molecule has 0 atom stereocenters. The van der Waals surface area contributed by atoms with E-state index < -0.39 is 5.82 Å². The second-order valence-corrected chi connectivity index (χ2v) is 5.19. The van der Waals surface area contributed by atoms with Crippen LogP contribution in [0.5, 0.6) is 5.75 Å². The molecular weight excluding hydrogens is 323 g/mol. The van der Waals surface area contributed by atoms with Crippen LogP contribution in [0, 0.1) is 12.7 Å². The predicted molar refractivity (Wildman–Crippen MR) is 79.9 cm³/mol. The molecule has 0 fully saturated rings. The third kappa shape index (κ3) is 2.90. The minimum atomic E-state index is -0.474. The van der Waals surface area contributed by atoms with E-state index in [0.29, 0.717) is 28.0 Å². The molecule has 2 rings (SSSR count). The maximum atomic E-state index is 14.0. The van der Waals surface area contributed by atoms with Crippen LogP contribution in [-0.4, -0.2) is 12.4 Å². The molecule has 0 aliphatic heterocycles. The maximum Gasteiger partial charge on any atom is 0.197 e. The van der Waals surface area contributed by atoms with E-state index in [2.05, 4.69) is 15.9 Å². The number of rotatable bonds is 4. The van der Waals surface area contributed by atoms with Gasteiger partial charge in [-0.05, 0) is 59.6 Å². The molecule has 2 nitrogen and oxygen atoms in total. The highest BCUT2D eigenvalue weighted by atomic mass is 79.9. The lowest BCUT2D eigenvalue weighted by atomic mass is 10.0. The van der Waals surface area contributed by atoms with Gasteiger partial charge in [0, 0.05) is 10.0 Å². The van der Waals surface area contributed by atoms with Gasteiger partial charge in [-0.3, -0.25) is 4.79 Å². The fourth-order valence-electron chi connectivity index (χ4n) is 1.90. The van der Waals surface area contributed by atoms with E-state index in [1.807, 2.05) is 6.92 Å². The van der Waals surface area contributed by atoms with Crippen LogP contribution in [0.2, 0.25) is 0 Å². The van der Waals surface area contributed by atoms with Gasteiger partial charge in [0.15, 0.2) is 5.78 Å². The minimum absolute atomic E-state index is 0.0786. The summed E-state index contributed by atoms with van der Waals surface area (Å²) in [5.74, 6) is -0.153. The first kappa shape index (κ1) is 14.7. The summed E-state index contributed by atoms with van der Waals surface area (Å²) < 4.78 is 20.0. The quantitative estimate of drug-likeness (QED) is 0.767. The summed E-state index contributed by atoms with van der Waals surface area (Å²) >= 11 is 3.33. The SMILES string of the molecule is CCOc1ccc(C(=O)c2cccc(C)c2F)c(Br)c1. The molecule has 0 radical (unpaired) electrons. The van der Waals surface area contributed by atoms with Crippen molar-refractivity contribution >= 4 is 21.7 Å². The van der Waals surface area contributed by atoms with Gasteiger partial charge in [0.2, 0.25) is 0 Å². The minimum Gasteiger partial charge on any atom is -0.494 e. The molecule has 0 aliphatic carbocycles. The molecule has 0 saturated heterocycles. The largest absolute Gasteiger partial charge is 0.494 e. The van der Waals surface area contributed by atoms with Crippen LogP contribution in [-0.2, 0) is 0 Å². The zero-order chi connectivity index (χ0) is 14.7. The summed E-state index contributed by atoms with van der Waals surface area (Å²) in [6, 6.07) is 9.86.